The van der Waals surface area contributed by atoms with E-state index >= 15 is 0 Å². The molecule has 0 saturated heterocycles. The van der Waals surface area contributed by atoms with Gasteiger partial charge in [-0.1, -0.05) is 51.1 Å². The topological polar surface area (TPSA) is 40.6 Å². The Morgan fingerprint density at radius 1 is 0.880 bits per heavy atom. The van der Waals surface area contributed by atoms with Crippen LogP contribution in [0.25, 0.3) is 0 Å². The molecule has 0 heterocycles. The summed E-state index contributed by atoms with van der Waals surface area (Å²) >= 11 is 0. The SMILES string of the molecule is CC(=O)N(CC(=O)N(C)c1ccccc1)c1ccc(C(C)(C)C)cc1. The molecule has 2 rings (SSSR count). The lowest BCUT2D eigenvalue weighted by Crippen LogP contribution is -2.40. The molecule has 2 amide bonds. The number of benzene rings is 2. The normalized spacial score (nSPS) is 11.1. The van der Waals surface area contributed by atoms with Crippen LogP contribution in [0.1, 0.15) is 33.3 Å². The second-order valence-electron chi connectivity index (χ2n) is 7.19. The van der Waals surface area contributed by atoms with Crippen LogP contribution in [-0.2, 0) is 15.0 Å². The number of para-hydroxylation sites is 1. The molecular formula is C21H26N2O2. The van der Waals surface area contributed by atoms with Crippen molar-refractivity contribution in [1.82, 2.24) is 0 Å². The average molecular weight is 338 g/mol. The maximum absolute atomic E-state index is 12.6. The first-order valence-corrected chi connectivity index (χ1v) is 8.40. The first kappa shape index (κ1) is 18.7. The number of rotatable bonds is 4. The highest BCUT2D eigenvalue weighted by molar-refractivity contribution is 6.02. The highest BCUT2D eigenvalue weighted by Crippen LogP contribution is 2.25. The third kappa shape index (κ3) is 4.69. The summed E-state index contributed by atoms with van der Waals surface area (Å²) in [6.07, 6.45) is 0. The second kappa shape index (κ2) is 7.51. The summed E-state index contributed by atoms with van der Waals surface area (Å²) in [4.78, 5) is 27.7. The largest absolute Gasteiger partial charge is 0.314 e. The molecular weight excluding hydrogens is 312 g/mol. The Kier molecular flexibility index (Phi) is 5.62. The van der Waals surface area contributed by atoms with Crippen molar-refractivity contribution in [3.63, 3.8) is 0 Å². The monoisotopic (exact) mass is 338 g/mol. The van der Waals surface area contributed by atoms with E-state index in [1.54, 1.807) is 11.9 Å². The average Bonchev–Trinajstić information content (AvgIpc) is 2.58. The zero-order chi connectivity index (χ0) is 18.6. The molecule has 0 N–H and O–H groups in total. The molecule has 2 aromatic rings. The number of likely N-dealkylation sites (N-methyl/N-ethyl adjacent to an activating group) is 1. The van der Waals surface area contributed by atoms with E-state index in [9.17, 15) is 9.59 Å². The van der Waals surface area contributed by atoms with E-state index in [1.807, 2.05) is 54.6 Å². The molecule has 0 radical (unpaired) electrons. The number of hydrogen-bond acceptors (Lipinski definition) is 2. The Balaban J connectivity index is 2.18. The minimum atomic E-state index is -0.154. The van der Waals surface area contributed by atoms with Crippen molar-refractivity contribution in [3.05, 3.63) is 60.2 Å². The minimum Gasteiger partial charge on any atom is -0.314 e. The number of carbonyl (C=O) groups excluding carboxylic acids is 2. The summed E-state index contributed by atoms with van der Waals surface area (Å²) in [5.41, 5.74) is 2.77. The van der Waals surface area contributed by atoms with Gasteiger partial charge in [-0.2, -0.15) is 0 Å². The van der Waals surface area contributed by atoms with Gasteiger partial charge >= 0.3 is 0 Å². The van der Waals surface area contributed by atoms with Gasteiger partial charge in [0.05, 0.1) is 0 Å². The molecule has 0 bridgehead atoms. The quantitative estimate of drug-likeness (QED) is 0.845. The van der Waals surface area contributed by atoms with Crippen LogP contribution in [-0.4, -0.2) is 25.4 Å². The Morgan fingerprint density at radius 2 is 1.44 bits per heavy atom. The number of amides is 2. The van der Waals surface area contributed by atoms with Crippen molar-refractivity contribution in [2.24, 2.45) is 0 Å². The highest BCUT2D eigenvalue weighted by atomic mass is 16.2. The number of nitrogens with zero attached hydrogens (tertiary/aromatic N) is 2. The summed E-state index contributed by atoms with van der Waals surface area (Å²) in [5, 5.41) is 0. The number of carbonyl (C=O) groups is 2. The van der Waals surface area contributed by atoms with E-state index in [-0.39, 0.29) is 23.8 Å². The van der Waals surface area contributed by atoms with Gasteiger partial charge in [-0.15, -0.1) is 0 Å². The van der Waals surface area contributed by atoms with Gasteiger partial charge < -0.3 is 9.80 Å². The Hall–Kier alpha value is -2.62. The third-order valence-electron chi connectivity index (χ3n) is 4.24. The van der Waals surface area contributed by atoms with E-state index in [0.29, 0.717) is 0 Å². The lowest BCUT2D eigenvalue weighted by atomic mass is 9.87. The molecule has 4 heteroatoms. The molecule has 25 heavy (non-hydrogen) atoms. The fraction of sp³-hybridized carbons (Fsp3) is 0.333. The first-order chi connectivity index (χ1) is 11.7. The second-order valence-corrected chi connectivity index (χ2v) is 7.19. The minimum absolute atomic E-state index is 0.00952. The summed E-state index contributed by atoms with van der Waals surface area (Å²) in [5.74, 6) is -0.292. The lowest BCUT2D eigenvalue weighted by Gasteiger charge is -2.26. The molecule has 0 fully saturated rings. The molecule has 0 aliphatic rings. The van der Waals surface area contributed by atoms with Crippen LogP contribution in [0.2, 0.25) is 0 Å². The van der Waals surface area contributed by atoms with Gasteiger partial charge in [0.2, 0.25) is 11.8 Å². The molecule has 0 aliphatic carbocycles. The van der Waals surface area contributed by atoms with Crippen molar-refractivity contribution in [2.75, 3.05) is 23.4 Å². The Bertz CT molecular complexity index is 731. The molecule has 0 aromatic heterocycles. The van der Waals surface area contributed by atoms with E-state index in [4.69, 9.17) is 0 Å². The zero-order valence-corrected chi connectivity index (χ0v) is 15.6. The third-order valence-corrected chi connectivity index (χ3v) is 4.24. The van der Waals surface area contributed by atoms with E-state index in [2.05, 4.69) is 20.8 Å². The molecule has 2 aromatic carbocycles. The highest BCUT2D eigenvalue weighted by Gasteiger charge is 2.20. The maximum atomic E-state index is 12.6. The van der Waals surface area contributed by atoms with Crippen LogP contribution in [0.15, 0.2) is 54.6 Å². The fourth-order valence-electron chi connectivity index (χ4n) is 2.56. The van der Waals surface area contributed by atoms with Gasteiger partial charge in [-0.3, -0.25) is 9.59 Å². The molecule has 0 unspecified atom stereocenters. The zero-order valence-electron chi connectivity index (χ0n) is 15.6. The number of hydrogen-bond donors (Lipinski definition) is 0. The summed E-state index contributed by atoms with van der Waals surface area (Å²) in [6.45, 7) is 7.92. The molecule has 0 aliphatic heterocycles. The van der Waals surface area contributed by atoms with E-state index in [1.165, 1.54) is 17.4 Å². The standard InChI is InChI=1S/C21H26N2O2/c1-16(24)23(19-13-11-17(12-14-19)21(2,3)4)15-20(25)22(5)18-9-7-6-8-10-18/h6-14H,15H2,1-5H3. The molecule has 0 spiro atoms. The van der Waals surface area contributed by atoms with Crippen molar-refractivity contribution in [1.29, 1.82) is 0 Å². The van der Waals surface area contributed by atoms with Crippen molar-refractivity contribution >= 4 is 23.2 Å². The van der Waals surface area contributed by atoms with Crippen LogP contribution in [0.5, 0.6) is 0 Å². The van der Waals surface area contributed by atoms with Gasteiger partial charge in [0.1, 0.15) is 6.54 Å². The fourth-order valence-corrected chi connectivity index (χ4v) is 2.56. The lowest BCUT2D eigenvalue weighted by molar-refractivity contribution is -0.121. The van der Waals surface area contributed by atoms with Gasteiger partial charge in [0.15, 0.2) is 0 Å². The predicted octanol–water partition coefficient (Wildman–Crippen LogP) is 4.00. The van der Waals surface area contributed by atoms with Crippen LogP contribution in [0.3, 0.4) is 0 Å². The van der Waals surface area contributed by atoms with Crippen LogP contribution >= 0.6 is 0 Å². The molecule has 132 valence electrons. The first-order valence-electron chi connectivity index (χ1n) is 8.40. The smallest absolute Gasteiger partial charge is 0.246 e. The van der Waals surface area contributed by atoms with Gasteiger partial charge in [0.25, 0.3) is 0 Å². The number of anilines is 2. The van der Waals surface area contributed by atoms with Crippen molar-refractivity contribution in [2.45, 2.75) is 33.1 Å². The van der Waals surface area contributed by atoms with Gasteiger partial charge in [0, 0.05) is 25.3 Å². The summed E-state index contributed by atoms with van der Waals surface area (Å²) in [6, 6.07) is 17.2. The maximum Gasteiger partial charge on any atom is 0.246 e. The van der Waals surface area contributed by atoms with Crippen molar-refractivity contribution < 1.29 is 9.59 Å². The predicted molar refractivity (Wildman–Crippen MR) is 103 cm³/mol. The van der Waals surface area contributed by atoms with E-state index < -0.39 is 0 Å². The van der Waals surface area contributed by atoms with E-state index in [0.717, 1.165) is 11.4 Å². The van der Waals surface area contributed by atoms with Gasteiger partial charge in [-0.25, -0.2) is 0 Å². The Labute approximate surface area is 150 Å². The molecule has 0 atom stereocenters. The summed E-state index contributed by atoms with van der Waals surface area (Å²) < 4.78 is 0. The Morgan fingerprint density at radius 3 is 1.92 bits per heavy atom. The van der Waals surface area contributed by atoms with Crippen LogP contribution in [0, 0.1) is 0 Å². The molecule has 4 nitrogen and oxygen atoms in total. The van der Waals surface area contributed by atoms with Crippen LogP contribution < -0.4 is 9.80 Å². The van der Waals surface area contributed by atoms with Crippen molar-refractivity contribution in [3.8, 4) is 0 Å². The van der Waals surface area contributed by atoms with Gasteiger partial charge in [-0.05, 0) is 35.2 Å². The van der Waals surface area contributed by atoms with Crippen LogP contribution in [0.4, 0.5) is 11.4 Å². The molecule has 0 saturated carbocycles. The summed E-state index contributed by atoms with van der Waals surface area (Å²) in [7, 11) is 1.72.